The van der Waals surface area contributed by atoms with E-state index in [-0.39, 0.29) is 0 Å². The molecule has 6 N–H and O–H groups in total. The summed E-state index contributed by atoms with van der Waals surface area (Å²) in [6, 6.07) is 9.98. The van der Waals surface area contributed by atoms with Crippen LogP contribution in [-0.2, 0) is 11.2 Å². The molecule has 0 fully saturated rings. The lowest BCUT2D eigenvalue weighted by molar-refractivity contribution is -0.123. The molecule has 0 saturated heterocycles. The molecule has 0 saturated carbocycles. The van der Waals surface area contributed by atoms with Crippen LogP contribution in [0.15, 0.2) is 30.3 Å². The van der Waals surface area contributed by atoms with Gasteiger partial charge in [-0.1, -0.05) is 30.3 Å². The molecule has 1 rings (SSSR count). The summed E-state index contributed by atoms with van der Waals surface area (Å²) >= 11 is 0. The lowest BCUT2D eigenvalue weighted by Crippen LogP contribution is -2.52. The second-order valence-electron chi connectivity index (χ2n) is 4.75. The number of carbonyl (C=O) groups is 1. The van der Waals surface area contributed by atoms with Crippen molar-refractivity contribution in [3.8, 4) is 0 Å². The Morgan fingerprint density at radius 3 is 2.33 bits per heavy atom. The minimum atomic E-state index is -0.912. The number of benzene rings is 1. The van der Waals surface area contributed by atoms with E-state index < -0.39 is 11.4 Å². The van der Waals surface area contributed by atoms with Crippen molar-refractivity contribution in [2.45, 2.75) is 37.6 Å². The van der Waals surface area contributed by atoms with E-state index in [1.165, 1.54) is 5.56 Å². The predicted octanol–water partition coefficient (Wildman–Crippen LogP) is 0.931. The molecular formula is C14H23N3O. The monoisotopic (exact) mass is 249 g/mol. The number of rotatable bonds is 8. The number of carbonyl (C=O) groups excluding carboxylic acids is 1. The Morgan fingerprint density at radius 1 is 1.11 bits per heavy atom. The predicted molar refractivity (Wildman–Crippen MR) is 73.8 cm³/mol. The van der Waals surface area contributed by atoms with E-state index in [0.29, 0.717) is 19.4 Å². The maximum atomic E-state index is 11.5. The molecule has 0 spiro atoms. The lowest BCUT2D eigenvalue weighted by atomic mass is 9.86. The van der Waals surface area contributed by atoms with Crippen LogP contribution in [0.5, 0.6) is 0 Å². The molecule has 0 aliphatic rings. The van der Waals surface area contributed by atoms with Crippen LogP contribution in [0.25, 0.3) is 0 Å². The van der Waals surface area contributed by atoms with Gasteiger partial charge in [0.25, 0.3) is 0 Å². The molecule has 4 heteroatoms. The third-order valence-corrected chi connectivity index (χ3v) is 3.27. The average molecular weight is 249 g/mol. The highest BCUT2D eigenvalue weighted by Crippen LogP contribution is 2.18. The first-order valence-corrected chi connectivity index (χ1v) is 6.41. The van der Waals surface area contributed by atoms with Gasteiger partial charge in [0.15, 0.2) is 0 Å². The largest absolute Gasteiger partial charge is 0.368 e. The zero-order valence-corrected chi connectivity index (χ0v) is 10.8. The number of unbranched alkanes of at least 4 members (excludes halogenated alkanes) is 1. The third-order valence-electron chi connectivity index (χ3n) is 3.27. The summed E-state index contributed by atoms with van der Waals surface area (Å²) in [4.78, 5) is 11.5. The molecule has 4 nitrogen and oxygen atoms in total. The minimum Gasteiger partial charge on any atom is -0.368 e. The maximum absolute atomic E-state index is 11.5. The van der Waals surface area contributed by atoms with E-state index >= 15 is 0 Å². The fourth-order valence-corrected chi connectivity index (χ4v) is 1.97. The zero-order valence-electron chi connectivity index (χ0n) is 10.8. The van der Waals surface area contributed by atoms with Gasteiger partial charge in [0.05, 0.1) is 5.54 Å². The zero-order chi connectivity index (χ0) is 13.4. The fraction of sp³-hybridized carbons (Fsp3) is 0.500. The summed E-state index contributed by atoms with van der Waals surface area (Å²) in [6.07, 6.45) is 3.66. The van der Waals surface area contributed by atoms with Gasteiger partial charge in [-0.2, -0.15) is 0 Å². The lowest BCUT2D eigenvalue weighted by Gasteiger charge is -2.26. The van der Waals surface area contributed by atoms with Crippen LogP contribution in [-0.4, -0.2) is 18.0 Å². The van der Waals surface area contributed by atoms with Gasteiger partial charge in [0.2, 0.25) is 5.91 Å². The smallest absolute Gasteiger partial charge is 0.237 e. The van der Waals surface area contributed by atoms with Gasteiger partial charge in [-0.3, -0.25) is 4.79 Å². The van der Waals surface area contributed by atoms with Gasteiger partial charge in [0.1, 0.15) is 0 Å². The van der Waals surface area contributed by atoms with Crippen molar-refractivity contribution < 1.29 is 4.79 Å². The SMILES string of the molecule is NCCCCC(N)(CCc1ccccc1)C(N)=O. The highest BCUT2D eigenvalue weighted by molar-refractivity contribution is 5.84. The molecule has 0 radical (unpaired) electrons. The average Bonchev–Trinajstić information content (AvgIpc) is 2.38. The van der Waals surface area contributed by atoms with Gasteiger partial charge >= 0.3 is 0 Å². The van der Waals surface area contributed by atoms with Crippen molar-refractivity contribution in [2.75, 3.05) is 6.54 Å². The molecular weight excluding hydrogens is 226 g/mol. The van der Waals surface area contributed by atoms with Crippen molar-refractivity contribution in [1.82, 2.24) is 0 Å². The van der Waals surface area contributed by atoms with Gasteiger partial charge in [-0.15, -0.1) is 0 Å². The van der Waals surface area contributed by atoms with Crippen molar-refractivity contribution in [3.63, 3.8) is 0 Å². The topological polar surface area (TPSA) is 95.1 Å². The summed E-state index contributed by atoms with van der Waals surface area (Å²) in [6.45, 7) is 0.619. The molecule has 1 amide bonds. The first-order valence-electron chi connectivity index (χ1n) is 6.41. The number of aryl methyl sites for hydroxylation is 1. The maximum Gasteiger partial charge on any atom is 0.237 e. The number of hydrogen-bond donors (Lipinski definition) is 3. The van der Waals surface area contributed by atoms with Crippen molar-refractivity contribution in [3.05, 3.63) is 35.9 Å². The van der Waals surface area contributed by atoms with Gasteiger partial charge in [0, 0.05) is 0 Å². The Balaban J connectivity index is 2.54. The standard InChI is InChI=1S/C14H23N3O/c15-11-5-4-9-14(17,13(16)18)10-8-12-6-2-1-3-7-12/h1-3,6-7H,4-5,8-11,15,17H2,(H2,16,18). The second kappa shape index (κ2) is 7.13. The fourth-order valence-electron chi connectivity index (χ4n) is 1.97. The molecule has 0 heterocycles. The van der Waals surface area contributed by atoms with Crippen LogP contribution in [0, 0.1) is 0 Å². The molecule has 0 bridgehead atoms. The number of nitrogens with two attached hydrogens (primary N) is 3. The van der Waals surface area contributed by atoms with Crippen molar-refractivity contribution in [2.24, 2.45) is 17.2 Å². The Labute approximate surface area is 109 Å². The first-order chi connectivity index (χ1) is 8.58. The summed E-state index contributed by atoms with van der Waals surface area (Å²) in [5, 5.41) is 0. The van der Waals surface area contributed by atoms with E-state index in [9.17, 15) is 4.79 Å². The van der Waals surface area contributed by atoms with Crippen LogP contribution in [0.2, 0.25) is 0 Å². The third kappa shape index (κ3) is 4.47. The molecule has 100 valence electrons. The van der Waals surface area contributed by atoms with Gasteiger partial charge < -0.3 is 17.2 Å². The number of hydrogen-bond acceptors (Lipinski definition) is 3. The summed E-state index contributed by atoms with van der Waals surface area (Å²) in [5.74, 6) is -0.421. The van der Waals surface area contributed by atoms with Crippen LogP contribution in [0.3, 0.4) is 0 Å². The van der Waals surface area contributed by atoms with Crippen LogP contribution in [0.4, 0.5) is 0 Å². The quantitative estimate of drug-likeness (QED) is 0.598. The molecule has 0 aliphatic carbocycles. The number of amides is 1. The summed E-state index contributed by atoms with van der Waals surface area (Å²) < 4.78 is 0. The molecule has 1 aromatic rings. The van der Waals surface area contributed by atoms with Crippen molar-refractivity contribution in [1.29, 1.82) is 0 Å². The van der Waals surface area contributed by atoms with E-state index in [1.807, 2.05) is 30.3 Å². The Bertz CT molecular complexity index is 367. The van der Waals surface area contributed by atoms with E-state index in [4.69, 9.17) is 17.2 Å². The summed E-state index contributed by atoms with van der Waals surface area (Å²) in [7, 11) is 0. The molecule has 0 aromatic heterocycles. The molecule has 1 atom stereocenters. The second-order valence-corrected chi connectivity index (χ2v) is 4.75. The van der Waals surface area contributed by atoms with Crippen molar-refractivity contribution >= 4 is 5.91 Å². The minimum absolute atomic E-state index is 0.421. The Kier molecular flexibility index (Phi) is 5.82. The highest BCUT2D eigenvalue weighted by atomic mass is 16.1. The normalized spacial score (nSPS) is 14.1. The molecule has 18 heavy (non-hydrogen) atoms. The van der Waals surface area contributed by atoms with E-state index in [0.717, 1.165) is 19.3 Å². The van der Waals surface area contributed by atoms with Crippen LogP contribution < -0.4 is 17.2 Å². The van der Waals surface area contributed by atoms with Gasteiger partial charge in [-0.25, -0.2) is 0 Å². The van der Waals surface area contributed by atoms with E-state index in [1.54, 1.807) is 0 Å². The van der Waals surface area contributed by atoms with E-state index in [2.05, 4.69) is 0 Å². The van der Waals surface area contributed by atoms with Crippen LogP contribution in [0.1, 0.15) is 31.2 Å². The Morgan fingerprint density at radius 2 is 1.78 bits per heavy atom. The number of primary amides is 1. The Hall–Kier alpha value is -1.39. The summed E-state index contributed by atoms with van der Waals surface area (Å²) in [5.41, 5.74) is 17.2. The van der Waals surface area contributed by atoms with Gasteiger partial charge in [-0.05, 0) is 44.2 Å². The molecule has 1 unspecified atom stereocenters. The molecule has 1 aromatic carbocycles. The highest BCUT2D eigenvalue weighted by Gasteiger charge is 2.30. The molecule has 0 aliphatic heterocycles. The van der Waals surface area contributed by atoms with Crippen LogP contribution >= 0.6 is 0 Å². The first kappa shape index (κ1) is 14.7.